The molecule has 2 aliphatic rings. The normalized spacial score (nSPS) is 23.5. The van der Waals surface area contributed by atoms with Gasteiger partial charge in [-0.2, -0.15) is 11.8 Å². The van der Waals surface area contributed by atoms with Crippen LogP contribution in [0.3, 0.4) is 0 Å². The first-order valence-corrected chi connectivity index (χ1v) is 10.5. The van der Waals surface area contributed by atoms with Gasteiger partial charge in [-0.15, -0.1) is 0 Å². The number of aliphatic imine (C=N–C) groups is 1. The number of nitrogens with zero attached hydrogens (tertiary/aromatic N) is 2. The third kappa shape index (κ3) is 6.10. The molecule has 0 amide bonds. The van der Waals surface area contributed by atoms with Crippen LogP contribution in [0.15, 0.2) is 23.3 Å². The van der Waals surface area contributed by atoms with Gasteiger partial charge >= 0.3 is 0 Å². The third-order valence-corrected chi connectivity index (χ3v) is 6.01. The molecule has 0 bridgehead atoms. The number of hydrogen-bond donors (Lipinski definition) is 2. The van der Waals surface area contributed by atoms with Gasteiger partial charge in [0.2, 0.25) is 5.88 Å². The summed E-state index contributed by atoms with van der Waals surface area (Å²) < 4.78 is 5.76. The van der Waals surface area contributed by atoms with Gasteiger partial charge in [0.1, 0.15) is 0 Å². The molecule has 0 aromatic carbocycles. The van der Waals surface area contributed by atoms with E-state index in [1.807, 2.05) is 25.4 Å². The van der Waals surface area contributed by atoms with Crippen molar-refractivity contribution < 1.29 is 4.74 Å². The fourth-order valence-electron chi connectivity index (χ4n) is 3.16. The highest BCUT2D eigenvalue weighted by atomic mass is 32.2. The Balaban J connectivity index is 1.43. The Labute approximate surface area is 155 Å². The van der Waals surface area contributed by atoms with Gasteiger partial charge in [-0.05, 0) is 55.4 Å². The van der Waals surface area contributed by atoms with Crippen LogP contribution in [-0.4, -0.2) is 41.6 Å². The Morgan fingerprint density at radius 1 is 1.36 bits per heavy atom. The van der Waals surface area contributed by atoms with E-state index in [2.05, 4.69) is 39.3 Å². The maximum atomic E-state index is 5.76. The first-order valence-electron chi connectivity index (χ1n) is 9.43. The lowest BCUT2D eigenvalue weighted by Gasteiger charge is -2.17. The highest BCUT2D eigenvalue weighted by Gasteiger charge is 2.25. The number of pyridine rings is 1. The SMILES string of the molecule is CCSC1CCC(NC(=NC)NCc2ccnc(OCC3CC3)c2)C1. The van der Waals surface area contributed by atoms with Crippen LogP contribution in [0.4, 0.5) is 0 Å². The van der Waals surface area contributed by atoms with Crippen molar-refractivity contribution in [2.45, 2.75) is 56.9 Å². The Bertz CT molecular complexity index is 576. The van der Waals surface area contributed by atoms with E-state index in [0.29, 0.717) is 6.04 Å². The molecular weight excluding hydrogens is 332 g/mol. The molecule has 0 spiro atoms. The van der Waals surface area contributed by atoms with Crippen LogP contribution >= 0.6 is 11.8 Å². The first-order chi connectivity index (χ1) is 12.3. The van der Waals surface area contributed by atoms with E-state index in [9.17, 15) is 0 Å². The smallest absolute Gasteiger partial charge is 0.213 e. The lowest BCUT2D eigenvalue weighted by atomic mass is 10.2. The van der Waals surface area contributed by atoms with Crippen molar-refractivity contribution in [3.05, 3.63) is 23.9 Å². The van der Waals surface area contributed by atoms with Gasteiger partial charge in [0, 0.05) is 37.1 Å². The molecule has 3 rings (SSSR count). The minimum Gasteiger partial charge on any atom is -0.477 e. The Morgan fingerprint density at radius 2 is 2.24 bits per heavy atom. The molecule has 5 nitrogen and oxygen atoms in total. The largest absolute Gasteiger partial charge is 0.477 e. The van der Waals surface area contributed by atoms with Gasteiger partial charge in [0.05, 0.1) is 6.61 Å². The molecule has 2 unspecified atom stereocenters. The monoisotopic (exact) mass is 362 g/mol. The predicted octanol–water partition coefficient (Wildman–Crippen LogP) is 3.21. The molecule has 2 fully saturated rings. The van der Waals surface area contributed by atoms with E-state index in [0.717, 1.165) is 41.7 Å². The molecule has 2 atom stereocenters. The van der Waals surface area contributed by atoms with Crippen molar-refractivity contribution in [3.63, 3.8) is 0 Å². The lowest BCUT2D eigenvalue weighted by molar-refractivity contribution is 0.288. The van der Waals surface area contributed by atoms with E-state index in [1.165, 1.54) is 37.9 Å². The molecule has 0 aliphatic heterocycles. The molecule has 1 aromatic rings. The minimum absolute atomic E-state index is 0.533. The average Bonchev–Trinajstić information content (AvgIpc) is 3.36. The van der Waals surface area contributed by atoms with Gasteiger partial charge < -0.3 is 15.4 Å². The Morgan fingerprint density at radius 3 is 3.00 bits per heavy atom. The molecule has 2 N–H and O–H groups in total. The number of rotatable bonds is 8. The summed E-state index contributed by atoms with van der Waals surface area (Å²) in [4.78, 5) is 8.67. The van der Waals surface area contributed by atoms with Gasteiger partial charge in [0.15, 0.2) is 5.96 Å². The maximum Gasteiger partial charge on any atom is 0.213 e. The topological polar surface area (TPSA) is 58.5 Å². The molecule has 138 valence electrons. The summed E-state index contributed by atoms with van der Waals surface area (Å²) in [6.07, 6.45) is 8.17. The van der Waals surface area contributed by atoms with E-state index < -0.39 is 0 Å². The van der Waals surface area contributed by atoms with E-state index in [-0.39, 0.29) is 0 Å². The standard InChI is InChI=1S/C19H30N4OS/c1-3-25-17-7-6-16(11-17)23-19(20-2)22-12-15-8-9-21-18(10-15)24-13-14-4-5-14/h8-10,14,16-17H,3-7,11-13H2,1-2H3,(H2,20,22,23). The summed E-state index contributed by atoms with van der Waals surface area (Å²) in [5.74, 6) is 3.55. The van der Waals surface area contributed by atoms with Crippen molar-refractivity contribution in [1.82, 2.24) is 15.6 Å². The second kappa shape index (κ2) is 9.32. The van der Waals surface area contributed by atoms with Crippen LogP contribution < -0.4 is 15.4 Å². The van der Waals surface area contributed by atoms with Crippen LogP contribution in [0.1, 0.15) is 44.6 Å². The fraction of sp³-hybridized carbons (Fsp3) is 0.684. The summed E-state index contributed by atoms with van der Waals surface area (Å²) in [5.41, 5.74) is 1.16. The van der Waals surface area contributed by atoms with Crippen molar-refractivity contribution >= 4 is 17.7 Å². The number of aromatic nitrogens is 1. The highest BCUT2D eigenvalue weighted by molar-refractivity contribution is 7.99. The van der Waals surface area contributed by atoms with Crippen LogP contribution in [0, 0.1) is 5.92 Å². The summed E-state index contributed by atoms with van der Waals surface area (Å²) in [6.45, 7) is 3.76. The van der Waals surface area contributed by atoms with Crippen molar-refractivity contribution in [3.8, 4) is 5.88 Å². The van der Waals surface area contributed by atoms with Crippen LogP contribution in [0.25, 0.3) is 0 Å². The van der Waals surface area contributed by atoms with Gasteiger partial charge in [-0.25, -0.2) is 4.98 Å². The molecule has 25 heavy (non-hydrogen) atoms. The quantitative estimate of drug-likeness (QED) is 0.549. The van der Waals surface area contributed by atoms with Gasteiger partial charge in [-0.3, -0.25) is 4.99 Å². The van der Waals surface area contributed by atoms with Crippen LogP contribution in [0.5, 0.6) is 5.88 Å². The number of nitrogens with one attached hydrogen (secondary N) is 2. The van der Waals surface area contributed by atoms with Gasteiger partial charge in [-0.1, -0.05) is 6.92 Å². The highest BCUT2D eigenvalue weighted by Crippen LogP contribution is 2.30. The van der Waals surface area contributed by atoms with E-state index >= 15 is 0 Å². The third-order valence-electron chi connectivity index (χ3n) is 4.77. The molecule has 6 heteroatoms. The van der Waals surface area contributed by atoms with Gasteiger partial charge in [0.25, 0.3) is 0 Å². The minimum atomic E-state index is 0.533. The zero-order valence-corrected chi connectivity index (χ0v) is 16.1. The van der Waals surface area contributed by atoms with E-state index in [4.69, 9.17) is 4.74 Å². The summed E-state index contributed by atoms with van der Waals surface area (Å²) in [7, 11) is 1.83. The van der Waals surface area contributed by atoms with E-state index in [1.54, 1.807) is 0 Å². The zero-order valence-electron chi connectivity index (χ0n) is 15.3. The summed E-state index contributed by atoms with van der Waals surface area (Å²) in [5, 5.41) is 7.78. The second-order valence-corrected chi connectivity index (χ2v) is 8.49. The first kappa shape index (κ1) is 18.4. The summed E-state index contributed by atoms with van der Waals surface area (Å²) >= 11 is 2.08. The summed E-state index contributed by atoms with van der Waals surface area (Å²) in [6, 6.07) is 4.57. The maximum absolute atomic E-state index is 5.76. The molecule has 2 aliphatic carbocycles. The molecule has 2 saturated carbocycles. The fourth-order valence-corrected chi connectivity index (χ4v) is 4.30. The van der Waals surface area contributed by atoms with Crippen LogP contribution in [-0.2, 0) is 6.54 Å². The molecular formula is C19H30N4OS. The molecule has 1 aromatic heterocycles. The molecule has 0 radical (unpaired) electrons. The average molecular weight is 363 g/mol. The van der Waals surface area contributed by atoms with Crippen molar-refractivity contribution in [2.24, 2.45) is 10.9 Å². The second-order valence-electron chi connectivity index (χ2n) is 6.91. The Hall–Kier alpha value is -1.43. The zero-order chi connectivity index (χ0) is 17.5. The lowest BCUT2D eigenvalue weighted by Crippen LogP contribution is -2.42. The molecule has 0 saturated heterocycles. The number of thioether (sulfide) groups is 1. The van der Waals surface area contributed by atoms with Crippen molar-refractivity contribution in [1.29, 1.82) is 0 Å². The number of hydrogen-bond acceptors (Lipinski definition) is 4. The number of ether oxygens (including phenoxy) is 1. The molecule has 1 heterocycles. The van der Waals surface area contributed by atoms with Crippen molar-refractivity contribution in [2.75, 3.05) is 19.4 Å². The van der Waals surface area contributed by atoms with Crippen LogP contribution in [0.2, 0.25) is 0 Å². The number of guanidine groups is 1. The Kier molecular flexibility index (Phi) is 6.84. The predicted molar refractivity (Wildman–Crippen MR) is 105 cm³/mol.